The van der Waals surface area contributed by atoms with Crippen molar-refractivity contribution in [3.05, 3.63) is 60.2 Å². The van der Waals surface area contributed by atoms with Gasteiger partial charge in [0.25, 0.3) is 0 Å². The van der Waals surface area contributed by atoms with Crippen LogP contribution in [-0.2, 0) is 4.79 Å². The van der Waals surface area contributed by atoms with Gasteiger partial charge in [-0.2, -0.15) is 0 Å². The molecule has 0 aliphatic carbocycles. The number of piperazine rings is 1. The number of phenolic OH excluding ortho intramolecular Hbond substituents is 1. The minimum Gasteiger partial charge on any atom is -0.508 e. The summed E-state index contributed by atoms with van der Waals surface area (Å²) in [6.45, 7) is 8.30. The Balaban J connectivity index is 1.48. The first kappa shape index (κ1) is 20.2. The van der Waals surface area contributed by atoms with Crippen molar-refractivity contribution in [1.82, 2.24) is 10.2 Å². The van der Waals surface area contributed by atoms with Crippen molar-refractivity contribution >= 4 is 11.6 Å². The van der Waals surface area contributed by atoms with E-state index < -0.39 is 0 Å². The smallest absolute Gasteiger partial charge is 0.237 e. The molecule has 1 saturated heterocycles. The number of rotatable bonds is 7. The maximum atomic E-state index is 12.7. The molecule has 0 spiro atoms. The van der Waals surface area contributed by atoms with Gasteiger partial charge in [0.1, 0.15) is 5.75 Å². The van der Waals surface area contributed by atoms with Gasteiger partial charge in [0.05, 0.1) is 6.04 Å². The van der Waals surface area contributed by atoms with Gasteiger partial charge in [-0.05, 0) is 43.2 Å². The van der Waals surface area contributed by atoms with Crippen LogP contribution in [0.15, 0.2) is 54.6 Å². The Kier molecular flexibility index (Phi) is 6.93. The predicted octanol–water partition coefficient (Wildman–Crippen LogP) is 3.21. The van der Waals surface area contributed by atoms with E-state index in [-0.39, 0.29) is 17.7 Å². The van der Waals surface area contributed by atoms with Crippen LogP contribution in [0.1, 0.15) is 31.7 Å². The van der Waals surface area contributed by atoms with Crippen LogP contribution in [0.4, 0.5) is 5.69 Å². The van der Waals surface area contributed by atoms with Crippen molar-refractivity contribution in [2.45, 2.75) is 32.2 Å². The molecule has 1 fully saturated rings. The van der Waals surface area contributed by atoms with Crippen molar-refractivity contribution in [2.24, 2.45) is 0 Å². The number of nitrogens with one attached hydrogen (secondary N) is 1. The Morgan fingerprint density at radius 3 is 2.29 bits per heavy atom. The van der Waals surface area contributed by atoms with Gasteiger partial charge >= 0.3 is 0 Å². The second-order valence-corrected chi connectivity index (χ2v) is 7.48. The summed E-state index contributed by atoms with van der Waals surface area (Å²) < 4.78 is 0. The molecule has 0 saturated carbocycles. The molecule has 2 N–H and O–H groups in total. The standard InChI is InChI=1S/C23H31N3O2/c1-3-19(20-7-5-4-6-8-20)17-24-23(28)18(2)25-13-15-26(16-14-25)21-9-11-22(27)12-10-21/h4-12,18-19,27H,3,13-17H2,1-2H3,(H,24,28)/t18-,19-/m0/s1. The van der Waals surface area contributed by atoms with Gasteiger partial charge in [-0.3, -0.25) is 9.69 Å². The fraction of sp³-hybridized carbons (Fsp3) is 0.435. The zero-order valence-corrected chi connectivity index (χ0v) is 16.8. The SMILES string of the molecule is CC[C@@H](CNC(=O)[C@H](C)N1CCN(c2ccc(O)cc2)CC1)c1ccccc1. The lowest BCUT2D eigenvalue weighted by molar-refractivity contribution is -0.126. The van der Waals surface area contributed by atoms with E-state index in [9.17, 15) is 9.90 Å². The summed E-state index contributed by atoms with van der Waals surface area (Å²) in [4.78, 5) is 17.2. The van der Waals surface area contributed by atoms with Gasteiger partial charge < -0.3 is 15.3 Å². The predicted molar refractivity (Wildman–Crippen MR) is 114 cm³/mol. The van der Waals surface area contributed by atoms with Crippen LogP contribution in [0.3, 0.4) is 0 Å². The van der Waals surface area contributed by atoms with Gasteiger partial charge in [-0.25, -0.2) is 0 Å². The van der Waals surface area contributed by atoms with Crippen molar-refractivity contribution in [3.8, 4) is 5.75 Å². The number of phenols is 1. The van der Waals surface area contributed by atoms with Crippen LogP contribution in [-0.4, -0.2) is 54.7 Å². The number of carbonyl (C=O) groups excluding carboxylic acids is 1. The Morgan fingerprint density at radius 2 is 1.68 bits per heavy atom. The van der Waals surface area contributed by atoms with Gasteiger partial charge in [-0.1, -0.05) is 37.3 Å². The molecule has 0 bridgehead atoms. The van der Waals surface area contributed by atoms with Crippen LogP contribution >= 0.6 is 0 Å². The van der Waals surface area contributed by atoms with E-state index in [1.54, 1.807) is 12.1 Å². The van der Waals surface area contributed by atoms with Crippen LogP contribution in [0.25, 0.3) is 0 Å². The third-order valence-electron chi connectivity index (χ3n) is 5.74. The average Bonchev–Trinajstić information content (AvgIpc) is 2.75. The van der Waals surface area contributed by atoms with Gasteiger partial charge in [0.2, 0.25) is 5.91 Å². The van der Waals surface area contributed by atoms with Gasteiger partial charge in [0.15, 0.2) is 0 Å². The molecule has 28 heavy (non-hydrogen) atoms. The largest absolute Gasteiger partial charge is 0.508 e. The minimum atomic E-state index is -0.129. The summed E-state index contributed by atoms with van der Waals surface area (Å²) in [5.74, 6) is 0.740. The van der Waals surface area contributed by atoms with E-state index in [1.165, 1.54) is 5.56 Å². The van der Waals surface area contributed by atoms with Gasteiger partial charge in [0, 0.05) is 44.3 Å². The molecule has 5 heteroatoms. The summed E-state index contributed by atoms with van der Waals surface area (Å²) >= 11 is 0. The number of amides is 1. The molecular formula is C23H31N3O2. The number of hydrogen-bond donors (Lipinski definition) is 2. The molecule has 150 valence electrons. The second-order valence-electron chi connectivity index (χ2n) is 7.48. The highest BCUT2D eigenvalue weighted by atomic mass is 16.3. The number of aromatic hydroxyl groups is 1. The summed E-state index contributed by atoms with van der Waals surface area (Å²) in [6, 6.07) is 17.6. The lowest BCUT2D eigenvalue weighted by Crippen LogP contribution is -2.54. The molecule has 0 aromatic heterocycles. The monoisotopic (exact) mass is 381 g/mol. The number of anilines is 1. The number of benzene rings is 2. The Bertz CT molecular complexity index is 740. The highest BCUT2D eigenvalue weighted by molar-refractivity contribution is 5.81. The number of carbonyl (C=O) groups is 1. The van der Waals surface area contributed by atoms with E-state index in [0.29, 0.717) is 12.5 Å². The van der Waals surface area contributed by atoms with E-state index in [4.69, 9.17) is 0 Å². The number of nitrogens with zero attached hydrogens (tertiary/aromatic N) is 2. The van der Waals surface area contributed by atoms with Gasteiger partial charge in [-0.15, -0.1) is 0 Å². The maximum absolute atomic E-state index is 12.7. The second kappa shape index (κ2) is 9.60. The first-order valence-electron chi connectivity index (χ1n) is 10.2. The summed E-state index contributed by atoms with van der Waals surface area (Å²) in [6.07, 6.45) is 1.00. The van der Waals surface area contributed by atoms with Crippen molar-refractivity contribution in [3.63, 3.8) is 0 Å². The molecule has 1 aliphatic rings. The van der Waals surface area contributed by atoms with Crippen molar-refractivity contribution in [1.29, 1.82) is 0 Å². The highest BCUT2D eigenvalue weighted by Gasteiger charge is 2.26. The molecule has 0 radical (unpaired) electrons. The van der Waals surface area contributed by atoms with Crippen LogP contribution in [0.2, 0.25) is 0 Å². The normalized spacial score (nSPS) is 17.1. The summed E-state index contributed by atoms with van der Waals surface area (Å²) in [5, 5.41) is 12.6. The lowest BCUT2D eigenvalue weighted by atomic mass is 9.96. The molecule has 2 aromatic carbocycles. The fourth-order valence-electron chi connectivity index (χ4n) is 3.79. The molecule has 1 amide bonds. The van der Waals surface area contributed by atoms with Crippen LogP contribution < -0.4 is 10.2 Å². The third-order valence-corrected chi connectivity index (χ3v) is 5.74. The molecule has 1 aliphatic heterocycles. The van der Waals surface area contributed by atoms with Crippen LogP contribution in [0, 0.1) is 0 Å². The summed E-state index contributed by atoms with van der Waals surface area (Å²) in [7, 11) is 0. The first-order chi connectivity index (χ1) is 13.6. The topological polar surface area (TPSA) is 55.8 Å². The molecule has 2 atom stereocenters. The zero-order chi connectivity index (χ0) is 19.9. The minimum absolute atomic E-state index is 0.104. The third kappa shape index (κ3) is 5.04. The molecule has 3 rings (SSSR count). The Hall–Kier alpha value is -2.53. The molecular weight excluding hydrogens is 350 g/mol. The maximum Gasteiger partial charge on any atom is 0.237 e. The molecule has 1 heterocycles. The van der Waals surface area contributed by atoms with Crippen molar-refractivity contribution in [2.75, 3.05) is 37.6 Å². The van der Waals surface area contributed by atoms with Crippen LogP contribution in [0.5, 0.6) is 5.75 Å². The average molecular weight is 382 g/mol. The van der Waals surface area contributed by atoms with E-state index >= 15 is 0 Å². The molecule has 2 aromatic rings. The number of hydrogen-bond acceptors (Lipinski definition) is 4. The van der Waals surface area contributed by atoms with Crippen molar-refractivity contribution < 1.29 is 9.90 Å². The van der Waals surface area contributed by atoms with E-state index in [1.807, 2.05) is 25.1 Å². The highest BCUT2D eigenvalue weighted by Crippen LogP contribution is 2.21. The molecule has 5 nitrogen and oxygen atoms in total. The first-order valence-corrected chi connectivity index (χ1v) is 10.2. The summed E-state index contributed by atoms with van der Waals surface area (Å²) in [5.41, 5.74) is 2.39. The van der Waals surface area contributed by atoms with E-state index in [2.05, 4.69) is 46.3 Å². The Labute approximate surface area is 168 Å². The Morgan fingerprint density at radius 1 is 1.04 bits per heavy atom. The fourth-order valence-corrected chi connectivity index (χ4v) is 3.79. The molecule has 0 unspecified atom stereocenters. The zero-order valence-electron chi connectivity index (χ0n) is 16.8. The van der Waals surface area contributed by atoms with E-state index in [0.717, 1.165) is 38.3 Å². The lowest BCUT2D eigenvalue weighted by Gasteiger charge is -2.38. The quantitative estimate of drug-likeness (QED) is 0.773.